The smallest absolute Gasteiger partial charge is 0.251 e. The van der Waals surface area contributed by atoms with Crippen LogP contribution in [0.3, 0.4) is 0 Å². The van der Waals surface area contributed by atoms with Crippen LogP contribution in [-0.4, -0.2) is 47.3 Å². The van der Waals surface area contributed by atoms with E-state index in [1.54, 1.807) is 24.5 Å². The molecule has 1 aliphatic heterocycles. The Morgan fingerprint density at radius 3 is 2.70 bits per heavy atom. The molecule has 0 radical (unpaired) electrons. The molecule has 1 aromatic heterocycles. The SMILES string of the molecule is O=C(N[C@@H]1CC[C@@H]2OCCO[C@@H]2C1)c1ccc2nccnc2c1. The normalized spacial score (nSPS) is 27.4. The summed E-state index contributed by atoms with van der Waals surface area (Å²) in [5.41, 5.74) is 2.13. The van der Waals surface area contributed by atoms with E-state index in [4.69, 9.17) is 9.47 Å². The molecular formula is C17H19N3O3. The molecule has 2 heterocycles. The second kappa shape index (κ2) is 6.22. The van der Waals surface area contributed by atoms with Gasteiger partial charge in [-0.25, -0.2) is 0 Å². The number of hydrogen-bond donors (Lipinski definition) is 1. The molecule has 2 fully saturated rings. The minimum atomic E-state index is -0.0715. The van der Waals surface area contributed by atoms with Crippen LogP contribution in [0.2, 0.25) is 0 Å². The van der Waals surface area contributed by atoms with Gasteiger partial charge < -0.3 is 14.8 Å². The Hall–Kier alpha value is -2.05. The second-order valence-corrected chi connectivity index (χ2v) is 6.06. The number of amides is 1. The highest BCUT2D eigenvalue weighted by Crippen LogP contribution is 2.27. The molecule has 1 saturated carbocycles. The van der Waals surface area contributed by atoms with Gasteiger partial charge in [-0.15, -0.1) is 0 Å². The molecule has 2 aliphatic rings. The van der Waals surface area contributed by atoms with Crippen molar-refractivity contribution in [1.29, 1.82) is 0 Å². The first-order chi connectivity index (χ1) is 11.3. The lowest BCUT2D eigenvalue weighted by atomic mass is 9.89. The van der Waals surface area contributed by atoms with Crippen molar-refractivity contribution in [2.45, 2.75) is 37.5 Å². The van der Waals surface area contributed by atoms with Gasteiger partial charge in [-0.05, 0) is 37.5 Å². The molecule has 6 nitrogen and oxygen atoms in total. The van der Waals surface area contributed by atoms with Crippen molar-refractivity contribution in [3.05, 3.63) is 36.2 Å². The van der Waals surface area contributed by atoms with E-state index in [-0.39, 0.29) is 24.2 Å². The van der Waals surface area contributed by atoms with Crippen molar-refractivity contribution < 1.29 is 14.3 Å². The van der Waals surface area contributed by atoms with Crippen LogP contribution in [0.5, 0.6) is 0 Å². The van der Waals surface area contributed by atoms with E-state index in [9.17, 15) is 4.79 Å². The van der Waals surface area contributed by atoms with Gasteiger partial charge in [0.25, 0.3) is 5.91 Å². The molecule has 0 unspecified atom stereocenters. The van der Waals surface area contributed by atoms with Crippen molar-refractivity contribution in [2.75, 3.05) is 13.2 Å². The molecule has 1 aliphatic carbocycles. The lowest BCUT2D eigenvalue weighted by Crippen LogP contribution is -2.49. The zero-order chi connectivity index (χ0) is 15.6. The van der Waals surface area contributed by atoms with Gasteiger partial charge in [0.1, 0.15) is 0 Å². The van der Waals surface area contributed by atoms with E-state index in [0.717, 1.165) is 30.3 Å². The Bertz CT molecular complexity index is 721. The summed E-state index contributed by atoms with van der Waals surface area (Å²) in [7, 11) is 0. The van der Waals surface area contributed by atoms with Crippen LogP contribution in [0, 0.1) is 0 Å². The van der Waals surface area contributed by atoms with Gasteiger partial charge in [0.2, 0.25) is 0 Å². The van der Waals surface area contributed by atoms with Crippen molar-refractivity contribution in [2.24, 2.45) is 0 Å². The minimum Gasteiger partial charge on any atom is -0.373 e. The third-order valence-corrected chi connectivity index (χ3v) is 4.55. The van der Waals surface area contributed by atoms with E-state index in [2.05, 4.69) is 15.3 Å². The molecule has 1 aromatic carbocycles. The number of ether oxygens (including phenoxy) is 2. The Balaban J connectivity index is 1.44. The maximum absolute atomic E-state index is 12.5. The molecule has 0 bridgehead atoms. The average Bonchev–Trinajstić information content (AvgIpc) is 2.61. The van der Waals surface area contributed by atoms with Gasteiger partial charge in [0.15, 0.2) is 0 Å². The Kier molecular flexibility index (Phi) is 3.93. The summed E-state index contributed by atoms with van der Waals surface area (Å²) in [6, 6.07) is 5.52. The monoisotopic (exact) mass is 313 g/mol. The van der Waals surface area contributed by atoms with Crippen molar-refractivity contribution in [1.82, 2.24) is 15.3 Å². The highest BCUT2D eigenvalue weighted by atomic mass is 16.6. The zero-order valence-corrected chi connectivity index (χ0v) is 12.8. The van der Waals surface area contributed by atoms with Crippen molar-refractivity contribution >= 4 is 16.9 Å². The van der Waals surface area contributed by atoms with Gasteiger partial charge in [0.05, 0.1) is 36.5 Å². The van der Waals surface area contributed by atoms with Crippen LogP contribution in [0.4, 0.5) is 0 Å². The van der Waals surface area contributed by atoms with Crippen molar-refractivity contribution in [3.63, 3.8) is 0 Å². The second-order valence-electron chi connectivity index (χ2n) is 6.06. The number of aromatic nitrogens is 2. The Morgan fingerprint density at radius 1 is 1.04 bits per heavy atom. The van der Waals surface area contributed by atoms with E-state index in [1.807, 2.05) is 6.07 Å². The largest absolute Gasteiger partial charge is 0.373 e. The predicted octanol–water partition coefficient (Wildman–Crippen LogP) is 1.70. The fourth-order valence-electron chi connectivity index (χ4n) is 3.37. The summed E-state index contributed by atoms with van der Waals surface area (Å²) in [6.07, 6.45) is 6.23. The maximum atomic E-state index is 12.5. The quantitative estimate of drug-likeness (QED) is 0.913. The summed E-state index contributed by atoms with van der Waals surface area (Å²) in [4.78, 5) is 20.9. The Labute approximate surface area is 134 Å². The van der Waals surface area contributed by atoms with Gasteiger partial charge in [-0.1, -0.05) is 0 Å². The number of carbonyl (C=O) groups is 1. The molecule has 1 amide bonds. The summed E-state index contributed by atoms with van der Waals surface area (Å²) >= 11 is 0. The van der Waals surface area contributed by atoms with Crippen LogP contribution >= 0.6 is 0 Å². The van der Waals surface area contributed by atoms with Gasteiger partial charge in [-0.2, -0.15) is 0 Å². The number of rotatable bonds is 2. The molecular weight excluding hydrogens is 294 g/mol. The zero-order valence-electron chi connectivity index (χ0n) is 12.8. The van der Waals surface area contributed by atoms with E-state index in [1.165, 1.54) is 0 Å². The van der Waals surface area contributed by atoms with Crippen LogP contribution < -0.4 is 5.32 Å². The minimum absolute atomic E-state index is 0.0715. The predicted molar refractivity (Wildman–Crippen MR) is 84.1 cm³/mol. The summed E-state index contributed by atoms with van der Waals surface area (Å²) in [5.74, 6) is -0.0715. The van der Waals surface area contributed by atoms with E-state index >= 15 is 0 Å². The van der Waals surface area contributed by atoms with Crippen molar-refractivity contribution in [3.8, 4) is 0 Å². The molecule has 120 valence electrons. The molecule has 1 saturated heterocycles. The highest BCUT2D eigenvalue weighted by Gasteiger charge is 2.34. The number of hydrogen-bond acceptors (Lipinski definition) is 5. The summed E-state index contributed by atoms with van der Waals surface area (Å²) < 4.78 is 11.5. The Morgan fingerprint density at radius 2 is 1.83 bits per heavy atom. The standard InChI is InChI=1S/C17H19N3O3/c21-17(11-1-3-13-14(9-11)19-6-5-18-13)20-12-2-4-15-16(10-12)23-8-7-22-15/h1,3,5-6,9,12,15-16H,2,4,7-8,10H2,(H,20,21)/t12-,15+,16-/m1/s1. The topological polar surface area (TPSA) is 73.3 Å². The lowest BCUT2D eigenvalue weighted by Gasteiger charge is -2.39. The number of carbonyl (C=O) groups excluding carboxylic acids is 1. The number of benzene rings is 1. The van der Waals surface area contributed by atoms with Gasteiger partial charge in [0, 0.05) is 24.0 Å². The van der Waals surface area contributed by atoms with Crippen LogP contribution in [-0.2, 0) is 9.47 Å². The molecule has 6 heteroatoms. The summed E-state index contributed by atoms with van der Waals surface area (Å²) in [6.45, 7) is 1.32. The lowest BCUT2D eigenvalue weighted by molar-refractivity contribution is -0.157. The van der Waals surface area contributed by atoms with Crippen LogP contribution in [0.1, 0.15) is 29.6 Å². The van der Waals surface area contributed by atoms with Gasteiger partial charge in [-0.3, -0.25) is 14.8 Å². The first-order valence-electron chi connectivity index (χ1n) is 8.04. The molecule has 23 heavy (non-hydrogen) atoms. The number of nitrogens with zero attached hydrogens (tertiary/aromatic N) is 2. The maximum Gasteiger partial charge on any atom is 0.251 e. The van der Waals surface area contributed by atoms with Gasteiger partial charge >= 0.3 is 0 Å². The van der Waals surface area contributed by atoms with E-state index < -0.39 is 0 Å². The molecule has 2 aromatic rings. The first kappa shape index (κ1) is 14.5. The molecule has 3 atom stereocenters. The number of fused-ring (bicyclic) bond motifs is 2. The highest BCUT2D eigenvalue weighted by molar-refractivity contribution is 5.97. The fourth-order valence-corrected chi connectivity index (χ4v) is 3.37. The van der Waals surface area contributed by atoms with Crippen LogP contribution in [0.25, 0.3) is 11.0 Å². The fraction of sp³-hybridized carbons (Fsp3) is 0.471. The van der Waals surface area contributed by atoms with Crippen LogP contribution in [0.15, 0.2) is 30.6 Å². The van der Waals surface area contributed by atoms with E-state index in [0.29, 0.717) is 18.8 Å². The number of nitrogens with one attached hydrogen (secondary N) is 1. The average molecular weight is 313 g/mol. The molecule has 0 spiro atoms. The third kappa shape index (κ3) is 3.04. The summed E-state index contributed by atoms with van der Waals surface area (Å²) in [5, 5.41) is 3.11. The molecule has 4 rings (SSSR count). The molecule has 1 N–H and O–H groups in total. The first-order valence-corrected chi connectivity index (χ1v) is 8.04. The third-order valence-electron chi connectivity index (χ3n) is 4.55.